The van der Waals surface area contributed by atoms with Gasteiger partial charge in [-0.3, -0.25) is 0 Å². The van der Waals surface area contributed by atoms with E-state index in [2.05, 4.69) is 86.8 Å². The zero-order valence-corrected chi connectivity index (χ0v) is 15.3. The van der Waals surface area contributed by atoms with Crippen molar-refractivity contribution >= 4 is 0 Å². The molecule has 0 N–H and O–H groups in total. The fourth-order valence-electron chi connectivity index (χ4n) is 3.57. The molecule has 0 aliphatic carbocycles. The normalized spacial score (nSPS) is 12.4. The minimum atomic E-state index is 0.283. The highest BCUT2D eigenvalue weighted by atomic mass is 15.1. The molecule has 2 aromatic carbocycles. The smallest absolute Gasteiger partial charge is 0.116 e. The number of imidazole rings is 1. The molecule has 1 aromatic heterocycles. The minimum absolute atomic E-state index is 0.283. The highest BCUT2D eigenvalue weighted by Crippen LogP contribution is 2.27. The van der Waals surface area contributed by atoms with Gasteiger partial charge in [0.15, 0.2) is 0 Å². The molecule has 124 valence electrons. The lowest BCUT2D eigenvalue weighted by molar-refractivity contribution is 0.686. The zero-order chi connectivity index (χ0) is 17.3. The second-order valence-electron chi connectivity index (χ2n) is 6.92. The molecule has 0 amide bonds. The first-order chi connectivity index (χ1) is 11.5. The highest BCUT2D eigenvalue weighted by molar-refractivity contribution is 5.38. The summed E-state index contributed by atoms with van der Waals surface area (Å²) in [6.45, 7) is 11.8. The van der Waals surface area contributed by atoms with Crippen molar-refractivity contribution in [3.05, 3.63) is 88.0 Å². The summed E-state index contributed by atoms with van der Waals surface area (Å²) >= 11 is 0. The monoisotopic (exact) mass is 318 g/mol. The highest BCUT2D eigenvalue weighted by Gasteiger charge is 2.17. The van der Waals surface area contributed by atoms with E-state index in [1.54, 1.807) is 0 Å². The molecule has 24 heavy (non-hydrogen) atoms. The molecule has 0 radical (unpaired) electrons. The third kappa shape index (κ3) is 3.28. The van der Waals surface area contributed by atoms with Gasteiger partial charge in [-0.2, -0.15) is 0 Å². The number of hydrogen-bond donors (Lipinski definition) is 0. The van der Waals surface area contributed by atoms with Crippen molar-refractivity contribution in [3.8, 4) is 0 Å². The van der Waals surface area contributed by atoms with Crippen LogP contribution in [0, 0.1) is 27.7 Å². The van der Waals surface area contributed by atoms with Crippen molar-refractivity contribution in [2.75, 3.05) is 0 Å². The lowest BCUT2D eigenvalue weighted by Crippen LogP contribution is -2.10. The molecule has 0 aliphatic heterocycles. The molecule has 0 unspecified atom stereocenters. The largest absolute Gasteiger partial charge is 0.330 e. The molecule has 3 aromatic rings. The number of aryl methyl sites for hydroxylation is 3. The van der Waals surface area contributed by atoms with E-state index in [1.165, 1.54) is 33.4 Å². The van der Waals surface area contributed by atoms with Crippen LogP contribution in [0.15, 0.2) is 48.8 Å². The number of rotatable bonds is 4. The van der Waals surface area contributed by atoms with Crippen LogP contribution >= 0.6 is 0 Å². The summed E-state index contributed by atoms with van der Waals surface area (Å²) in [5.41, 5.74) is 8.03. The second-order valence-corrected chi connectivity index (χ2v) is 6.92. The van der Waals surface area contributed by atoms with E-state index in [4.69, 9.17) is 0 Å². The third-order valence-electron chi connectivity index (χ3n) is 4.88. The number of hydrogen-bond acceptors (Lipinski definition) is 1. The van der Waals surface area contributed by atoms with Crippen LogP contribution in [0.2, 0.25) is 0 Å². The molecular weight excluding hydrogens is 292 g/mol. The molecule has 0 fully saturated rings. The minimum Gasteiger partial charge on any atom is -0.330 e. The molecule has 0 bridgehead atoms. The zero-order valence-electron chi connectivity index (χ0n) is 15.3. The second kappa shape index (κ2) is 6.64. The standard InChI is InChI=1S/C22H26N2/c1-15-11-16(2)13-20(12-15)14-24-10-9-23-22(24)19(5)21-8-6-7-17(3)18(21)4/h6-13,19H,14H2,1-5H3/t19-/m0/s1. The van der Waals surface area contributed by atoms with Crippen molar-refractivity contribution in [1.82, 2.24) is 9.55 Å². The van der Waals surface area contributed by atoms with Crippen LogP contribution < -0.4 is 0 Å². The topological polar surface area (TPSA) is 17.8 Å². The van der Waals surface area contributed by atoms with Gasteiger partial charge in [-0.05, 0) is 49.9 Å². The van der Waals surface area contributed by atoms with Crippen molar-refractivity contribution in [1.29, 1.82) is 0 Å². The van der Waals surface area contributed by atoms with Crippen LogP contribution in [0.3, 0.4) is 0 Å². The molecule has 1 atom stereocenters. The first kappa shape index (κ1) is 16.5. The predicted molar refractivity (Wildman–Crippen MR) is 101 cm³/mol. The van der Waals surface area contributed by atoms with Crippen LogP contribution in [0.25, 0.3) is 0 Å². The Kier molecular flexibility index (Phi) is 4.57. The Labute approximate surface area is 145 Å². The van der Waals surface area contributed by atoms with Crippen LogP contribution in [0.1, 0.15) is 52.0 Å². The van der Waals surface area contributed by atoms with E-state index in [-0.39, 0.29) is 5.92 Å². The van der Waals surface area contributed by atoms with E-state index in [0.29, 0.717) is 0 Å². The number of benzene rings is 2. The SMILES string of the molecule is Cc1cc(C)cc(Cn2ccnc2[C@@H](C)c2cccc(C)c2C)c1. The van der Waals surface area contributed by atoms with Gasteiger partial charge in [0, 0.05) is 24.9 Å². The van der Waals surface area contributed by atoms with Gasteiger partial charge in [-0.1, -0.05) is 54.4 Å². The molecule has 2 heteroatoms. The fourth-order valence-corrected chi connectivity index (χ4v) is 3.57. The van der Waals surface area contributed by atoms with Crippen molar-refractivity contribution < 1.29 is 0 Å². The lowest BCUT2D eigenvalue weighted by Gasteiger charge is -2.18. The van der Waals surface area contributed by atoms with Gasteiger partial charge in [0.05, 0.1) is 0 Å². The van der Waals surface area contributed by atoms with E-state index in [9.17, 15) is 0 Å². The maximum atomic E-state index is 4.67. The lowest BCUT2D eigenvalue weighted by atomic mass is 9.93. The maximum absolute atomic E-state index is 4.67. The summed E-state index contributed by atoms with van der Waals surface area (Å²) < 4.78 is 2.28. The molecule has 3 rings (SSSR count). The summed E-state index contributed by atoms with van der Waals surface area (Å²) in [5.74, 6) is 1.41. The first-order valence-corrected chi connectivity index (χ1v) is 8.60. The molecule has 0 spiro atoms. The molecule has 0 saturated heterocycles. The van der Waals surface area contributed by atoms with Crippen LogP contribution in [-0.2, 0) is 6.54 Å². The summed E-state index contributed by atoms with van der Waals surface area (Å²) in [6, 6.07) is 13.3. The van der Waals surface area contributed by atoms with Gasteiger partial charge < -0.3 is 4.57 Å². The Bertz CT molecular complexity index is 838. The fraction of sp³-hybridized carbons (Fsp3) is 0.318. The van der Waals surface area contributed by atoms with Crippen LogP contribution in [0.5, 0.6) is 0 Å². The van der Waals surface area contributed by atoms with Crippen LogP contribution in [-0.4, -0.2) is 9.55 Å². The van der Waals surface area contributed by atoms with Gasteiger partial charge >= 0.3 is 0 Å². The molecule has 0 aliphatic rings. The molecular formula is C22H26N2. The van der Waals surface area contributed by atoms with E-state index in [0.717, 1.165) is 12.4 Å². The van der Waals surface area contributed by atoms with Crippen molar-refractivity contribution in [3.63, 3.8) is 0 Å². The summed E-state index contributed by atoms with van der Waals surface area (Å²) in [7, 11) is 0. The van der Waals surface area contributed by atoms with Gasteiger partial charge in [0.2, 0.25) is 0 Å². The summed E-state index contributed by atoms with van der Waals surface area (Å²) in [5, 5.41) is 0. The van der Waals surface area contributed by atoms with Crippen molar-refractivity contribution in [2.24, 2.45) is 0 Å². The molecule has 0 saturated carbocycles. The average molecular weight is 318 g/mol. The Morgan fingerprint density at radius 1 is 1.00 bits per heavy atom. The van der Waals surface area contributed by atoms with E-state index in [1.807, 2.05) is 6.20 Å². The van der Waals surface area contributed by atoms with Crippen LogP contribution in [0.4, 0.5) is 0 Å². The van der Waals surface area contributed by atoms with E-state index >= 15 is 0 Å². The van der Waals surface area contributed by atoms with Gasteiger partial charge in [0.1, 0.15) is 5.82 Å². The molecule has 1 heterocycles. The Morgan fingerprint density at radius 3 is 2.42 bits per heavy atom. The van der Waals surface area contributed by atoms with E-state index < -0.39 is 0 Å². The molecule has 2 nitrogen and oxygen atoms in total. The van der Waals surface area contributed by atoms with Gasteiger partial charge in [0.25, 0.3) is 0 Å². The van der Waals surface area contributed by atoms with Crippen molar-refractivity contribution in [2.45, 2.75) is 47.1 Å². The van der Waals surface area contributed by atoms with Gasteiger partial charge in [-0.15, -0.1) is 0 Å². The Balaban J connectivity index is 1.94. The van der Waals surface area contributed by atoms with Gasteiger partial charge in [-0.25, -0.2) is 4.98 Å². The third-order valence-corrected chi connectivity index (χ3v) is 4.88. The first-order valence-electron chi connectivity index (χ1n) is 8.60. The summed E-state index contributed by atoms with van der Waals surface area (Å²) in [6.07, 6.45) is 4.01. The summed E-state index contributed by atoms with van der Waals surface area (Å²) in [4.78, 5) is 4.67. The number of nitrogens with zero attached hydrogens (tertiary/aromatic N) is 2. The Hall–Kier alpha value is -2.35. The average Bonchev–Trinajstić information content (AvgIpc) is 2.96. The Morgan fingerprint density at radius 2 is 1.71 bits per heavy atom. The number of aromatic nitrogens is 2. The predicted octanol–water partition coefficient (Wildman–Crippen LogP) is 5.32. The maximum Gasteiger partial charge on any atom is 0.116 e. The quantitative estimate of drug-likeness (QED) is 0.637.